The Labute approximate surface area is 122 Å². The van der Waals surface area contributed by atoms with E-state index in [1.807, 2.05) is 39.0 Å². The standard InChI is InChI=1S/C16H27NO3/c1-6-19-13-8-9-15(20-7-2)14(10-13)16(18)12(5)17-11(3)4/h8-12,16-18H,6-7H2,1-5H3/t12-,16-/m0/s1. The summed E-state index contributed by atoms with van der Waals surface area (Å²) in [6.07, 6.45) is -0.639. The number of aliphatic hydroxyl groups is 1. The van der Waals surface area contributed by atoms with Crippen LogP contribution in [0.25, 0.3) is 0 Å². The van der Waals surface area contributed by atoms with E-state index in [0.717, 1.165) is 11.3 Å². The summed E-state index contributed by atoms with van der Waals surface area (Å²) in [4.78, 5) is 0. The van der Waals surface area contributed by atoms with Gasteiger partial charge in [-0.15, -0.1) is 0 Å². The third-order valence-corrected chi connectivity index (χ3v) is 2.98. The van der Waals surface area contributed by atoms with Gasteiger partial charge in [0.25, 0.3) is 0 Å². The van der Waals surface area contributed by atoms with Crippen LogP contribution >= 0.6 is 0 Å². The van der Waals surface area contributed by atoms with E-state index in [1.165, 1.54) is 0 Å². The lowest BCUT2D eigenvalue weighted by Crippen LogP contribution is -2.37. The molecule has 114 valence electrons. The van der Waals surface area contributed by atoms with Gasteiger partial charge in [0, 0.05) is 17.6 Å². The Kier molecular flexibility index (Phi) is 6.82. The van der Waals surface area contributed by atoms with Crippen LogP contribution in [0.2, 0.25) is 0 Å². The molecule has 0 amide bonds. The SMILES string of the molecule is CCOc1ccc(OCC)c([C@@H](O)[C@H](C)NC(C)C)c1. The summed E-state index contributed by atoms with van der Waals surface area (Å²) in [5.74, 6) is 1.46. The van der Waals surface area contributed by atoms with Gasteiger partial charge < -0.3 is 19.9 Å². The van der Waals surface area contributed by atoms with Crippen molar-refractivity contribution in [1.82, 2.24) is 5.32 Å². The van der Waals surface area contributed by atoms with E-state index in [2.05, 4.69) is 19.2 Å². The number of rotatable bonds is 8. The summed E-state index contributed by atoms with van der Waals surface area (Å²) >= 11 is 0. The third-order valence-electron chi connectivity index (χ3n) is 2.98. The van der Waals surface area contributed by atoms with E-state index >= 15 is 0 Å². The van der Waals surface area contributed by atoms with Crippen LogP contribution in [0.3, 0.4) is 0 Å². The lowest BCUT2D eigenvalue weighted by atomic mass is 10.0. The molecule has 0 heterocycles. The number of nitrogens with one attached hydrogen (secondary N) is 1. The fourth-order valence-corrected chi connectivity index (χ4v) is 2.19. The largest absolute Gasteiger partial charge is 0.494 e. The zero-order valence-corrected chi connectivity index (χ0v) is 13.1. The predicted octanol–water partition coefficient (Wildman–Crippen LogP) is 2.90. The van der Waals surface area contributed by atoms with Gasteiger partial charge in [-0.25, -0.2) is 0 Å². The molecule has 1 aromatic carbocycles. The molecule has 0 fully saturated rings. The summed E-state index contributed by atoms with van der Waals surface area (Å²) in [5.41, 5.74) is 0.762. The minimum Gasteiger partial charge on any atom is -0.494 e. The first kappa shape index (κ1) is 16.8. The fourth-order valence-electron chi connectivity index (χ4n) is 2.19. The summed E-state index contributed by atoms with van der Waals surface area (Å²) in [6, 6.07) is 5.83. The molecule has 0 aliphatic rings. The van der Waals surface area contributed by atoms with Crippen molar-refractivity contribution < 1.29 is 14.6 Å². The van der Waals surface area contributed by atoms with Gasteiger partial charge in [0.2, 0.25) is 0 Å². The van der Waals surface area contributed by atoms with Gasteiger partial charge in [-0.3, -0.25) is 0 Å². The molecule has 20 heavy (non-hydrogen) atoms. The van der Waals surface area contributed by atoms with Crippen molar-refractivity contribution in [3.05, 3.63) is 23.8 Å². The molecular weight excluding hydrogens is 254 g/mol. The number of aliphatic hydroxyl groups excluding tert-OH is 1. The Bertz CT molecular complexity index is 407. The van der Waals surface area contributed by atoms with Gasteiger partial charge in [0.05, 0.1) is 19.3 Å². The second kappa shape index (κ2) is 8.12. The van der Waals surface area contributed by atoms with Crippen LogP contribution in [-0.4, -0.2) is 30.4 Å². The van der Waals surface area contributed by atoms with Crippen molar-refractivity contribution in [3.63, 3.8) is 0 Å². The Morgan fingerprint density at radius 2 is 1.75 bits per heavy atom. The molecule has 4 nitrogen and oxygen atoms in total. The van der Waals surface area contributed by atoms with Crippen molar-refractivity contribution in [2.45, 2.75) is 52.8 Å². The quantitative estimate of drug-likeness (QED) is 0.769. The van der Waals surface area contributed by atoms with Crippen molar-refractivity contribution in [3.8, 4) is 11.5 Å². The summed E-state index contributed by atoms with van der Waals surface area (Å²) in [5, 5.41) is 13.9. The first-order chi connectivity index (χ1) is 9.49. The van der Waals surface area contributed by atoms with E-state index in [0.29, 0.717) is 25.0 Å². The normalized spacial score (nSPS) is 14.2. The highest BCUT2D eigenvalue weighted by atomic mass is 16.5. The monoisotopic (exact) mass is 281 g/mol. The molecule has 0 saturated carbocycles. The highest BCUT2D eigenvalue weighted by molar-refractivity contribution is 5.42. The molecule has 0 unspecified atom stereocenters. The minimum atomic E-state index is -0.639. The maximum absolute atomic E-state index is 10.5. The highest BCUT2D eigenvalue weighted by Crippen LogP contribution is 2.31. The van der Waals surface area contributed by atoms with E-state index in [1.54, 1.807) is 0 Å². The Morgan fingerprint density at radius 3 is 2.30 bits per heavy atom. The average Bonchev–Trinajstić information content (AvgIpc) is 2.39. The van der Waals surface area contributed by atoms with Gasteiger partial charge in [0.1, 0.15) is 11.5 Å². The molecule has 2 atom stereocenters. The van der Waals surface area contributed by atoms with Crippen LogP contribution < -0.4 is 14.8 Å². The number of hydrogen-bond acceptors (Lipinski definition) is 4. The zero-order valence-electron chi connectivity index (χ0n) is 13.1. The molecular formula is C16H27NO3. The molecule has 0 bridgehead atoms. The van der Waals surface area contributed by atoms with Crippen molar-refractivity contribution >= 4 is 0 Å². The first-order valence-corrected chi connectivity index (χ1v) is 7.33. The van der Waals surface area contributed by atoms with Crippen LogP contribution in [0.15, 0.2) is 18.2 Å². The predicted molar refractivity (Wildman–Crippen MR) is 81.5 cm³/mol. The van der Waals surface area contributed by atoms with Crippen LogP contribution in [0.4, 0.5) is 0 Å². The maximum Gasteiger partial charge on any atom is 0.125 e. The number of ether oxygens (including phenoxy) is 2. The van der Waals surface area contributed by atoms with Gasteiger partial charge in [0.15, 0.2) is 0 Å². The average molecular weight is 281 g/mol. The third kappa shape index (κ3) is 4.69. The minimum absolute atomic E-state index is 0.0638. The van der Waals surface area contributed by atoms with Crippen LogP contribution in [0, 0.1) is 0 Å². The highest BCUT2D eigenvalue weighted by Gasteiger charge is 2.21. The summed E-state index contributed by atoms with van der Waals surface area (Å²) in [7, 11) is 0. The molecule has 1 aromatic rings. The van der Waals surface area contributed by atoms with Gasteiger partial charge in [-0.05, 0) is 39.0 Å². The molecule has 1 rings (SSSR count). The summed E-state index contributed by atoms with van der Waals surface area (Å²) in [6.45, 7) is 11.1. The van der Waals surface area contributed by atoms with Crippen LogP contribution in [-0.2, 0) is 0 Å². The molecule has 0 radical (unpaired) electrons. The molecule has 0 aliphatic heterocycles. The van der Waals surface area contributed by atoms with Crippen molar-refractivity contribution in [2.75, 3.05) is 13.2 Å². The Hall–Kier alpha value is -1.26. The molecule has 0 spiro atoms. The molecule has 0 aliphatic carbocycles. The van der Waals surface area contributed by atoms with E-state index in [9.17, 15) is 5.11 Å². The lowest BCUT2D eigenvalue weighted by Gasteiger charge is -2.25. The molecule has 0 saturated heterocycles. The topological polar surface area (TPSA) is 50.7 Å². The Balaban J connectivity index is 3.00. The second-order valence-electron chi connectivity index (χ2n) is 5.12. The smallest absolute Gasteiger partial charge is 0.125 e. The van der Waals surface area contributed by atoms with E-state index in [4.69, 9.17) is 9.47 Å². The summed E-state index contributed by atoms with van der Waals surface area (Å²) < 4.78 is 11.1. The molecule has 4 heteroatoms. The number of hydrogen-bond donors (Lipinski definition) is 2. The first-order valence-electron chi connectivity index (χ1n) is 7.33. The van der Waals surface area contributed by atoms with Gasteiger partial charge in [-0.1, -0.05) is 13.8 Å². The van der Waals surface area contributed by atoms with Crippen LogP contribution in [0.5, 0.6) is 11.5 Å². The van der Waals surface area contributed by atoms with Crippen molar-refractivity contribution in [1.29, 1.82) is 0 Å². The lowest BCUT2D eigenvalue weighted by molar-refractivity contribution is 0.127. The second-order valence-corrected chi connectivity index (χ2v) is 5.12. The molecule has 0 aromatic heterocycles. The van der Waals surface area contributed by atoms with E-state index < -0.39 is 6.10 Å². The van der Waals surface area contributed by atoms with E-state index in [-0.39, 0.29) is 6.04 Å². The molecule has 2 N–H and O–H groups in total. The fraction of sp³-hybridized carbons (Fsp3) is 0.625. The van der Waals surface area contributed by atoms with Gasteiger partial charge in [-0.2, -0.15) is 0 Å². The Morgan fingerprint density at radius 1 is 1.10 bits per heavy atom. The van der Waals surface area contributed by atoms with Crippen molar-refractivity contribution in [2.24, 2.45) is 0 Å². The zero-order chi connectivity index (χ0) is 15.1. The number of benzene rings is 1. The maximum atomic E-state index is 10.5. The van der Waals surface area contributed by atoms with Gasteiger partial charge >= 0.3 is 0 Å². The van der Waals surface area contributed by atoms with Crippen LogP contribution in [0.1, 0.15) is 46.3 Å².